The molecule has 10 heteroatoms. The average Bonchev–Trinajstić information content (AvgIpc) is 3.19. The van der Waals surface area contributed by atoms with E-state index in [1.807, 2.05) is 0 Å². The van der Waals surface area contributed by atoms with E-state index in [9.17, 15) is 18.8 Å². The second-order valence-corrected chi connectivity index (χ2v) is 8.69. The Bertz CT molecular complexity index is 1060. The molecule has 2 aromatic rings. The Morgan fingerprint density at radius 3 is 2.55 bits per heavy atom. The molecule has 4 amide bonds. The van der Waals surface area contributed by atoms with Crippen LogP contribution in [0, 0.1) is 5.82 Å². The average molecular weight is 474 g/mol. The van der Waals surface area contributed by atoms with Gasteiger partial charge in [0.1, 0.15) is 11.9 Å². The molecule has 4 rings (SSSR count). The number of hydrogen-bond acceptors (Lipinski definition) is 4. The summed E-state index contributed by atoms with van der Waals surface area (Å²) in [6.07, 6.45) is 2.39. The van der Waals surface area contributed by atoms with Crippen LogP contribution in [0.3, 0.4) is 0 Å². The third kappa shape index (κ3) is 5.26. The Kier molecular flexibility index (Phi) is 6.80. The summed E-state index contributed by atoms with van der Waals surface area (Å²) >= 11 is 5.87. The number of likely N-dealkylation sites (tertiary alicyclic amines) is 1. The number of benzene rings is 2. The number of carbonyl (C=O) groups excluding carboxylic acids is 3. The highest BCUT2D eigenvalue weighted by atomic mass is 35.5. The van der Waals surface area contributed by atoms with E-state index in [4.69, 9.17) is 17.3 Å². The predicted octanol–water partition coefficient (Wildman–Crippen LogP) is 3.57. The van der Waals surface area contributed by atoms with Crippen molar-refractivity contribution in [2.24, 2.45) is 5.73 Å². The number of hydrogen-bond donors (Lipinski definition) is 3. The first-order valence-corrected chi connectivity index (χ1v) is 11.2. The van der Waals surface area contributed by atoms with E-state index in [-0.39, 0.29) is 30.6 Å². The number of anilines is 3. The van der Waals surface area contributed by atoms with Crippen molar-refractivity contribution >= 4 is 46.5 Å². The van der Waals surface area contributed by atoms with Crippen LogP contribution in [0.25, 0.3) is 0 Å². The van der Waals surface area contributed by atoms with Gasteiger partial charge in [-0.25, -0.2) is 9.18 Å². The van der Waals surface area contributed by atoms with Crippen molar-refractivity contribution in [3.8, 4) is 0 Å². The molecule has 0 radical (unpaired) electrons. The molecule has 2 aromatic carbocycles. The lowest BCUT2D eigenvalue weighted by Gasteiger charge is -2.27. The van der Waals surface area contributed by atoms with Crippen molar-refractivity contribution in [3.05, 3.63) is 53.3 Å². The number of urea groups is 1. The fourth-order valence-corrected chi connectivity index (χ4v) is 4.26. The molecule has 2 aliphatic heterocycles. The van der Waals surface area contributed by atoms with Crippen LogP contribution in [0.15, 0.2) is 42.5 Å². The van der Waals surface area contributed by atoms with Crippen molar-refractivity contribution in [1.29, 1.82) is 0 Å². The maximum Gasteiger partial charge on any atom is 0.322 e. The molecule has 8 nitrogen and oxygen atoms in total. The molecule has 174 valence electrons. The fraction of sp³-hybridized carbons (Fsp3) is 0.348. The lowest BCUT2D eigenvalue weighted by atomic mass is 10.1. The largest absolute Gasteiger partial charge is 0.326 e. The number of piperidine rings is 1. The molecule has 2 heterocycles. The molecule has 0 aromatic heterocycles. The highest BCUT2D eigenvalue weighted by molar-refractivity contribution is 6.30. The summed E-state index contributed by atoms with van der Waals surface area (Å²) < 4.78 is 14.8. The first-order chi connectivity index (χ1) is 15.8. The van der Waals surface area contributed by atoms with E-state index in [0.29, 0.717) is 29.4 Å². The van der Waals surface area contributed by atoms with Crippen molar-refractivity contribution in [3.63, 3.8) is 0 Å². The molecule has 2 aliphatic rings. The topological polar surface area (TPSA) is 108 Å². The number of rotatable bonds is 4. The van der Waals surface area contributed by atoms with Crippen molar-refractivity contribution in [2.45, 2.75) is 37.8 Å². The molecule has 2 fully saturated rings. The fourth-order valence-electron chi connectivity index (χ4n) is 4.14. The number of nitrogens with one attached hydrogen (secondary N) is 2. The summed E-state index contributed by atoms with van der Waals surface area (Å²) in [7, 11) is 0. The minimum absolute atomic E-state index is 0.0215. The lowest BCUT2D eigenvalue weighted by Crippen LogP contribution is -2.45. The number of nitrogens with zero attached hydrogens (tertiary/aromatic N) is 2. The van der Waals surface area contributed by atoms with Crippen LogP contribution in [0.4, 0.5) is 26.2 Å². The van der Waals surface area contributed by atoms with Crippen LogP contribution in [-0.4, -0.2) is 47.9 Å². The van der Waals surface area contributed by atoms with Gasteiger partial charge in [-0.1, -0.05) is 11.6 Å². The van der Waals surface area contributed by atoms with Crippen LogP contribution in [-0.2, 0) is 9.59 Å². The van der Waals surface area contributed by atoms with Crippen molar-refractivity contribution < 1.29 is 18.8 Å². The summed E-state index contributed by atoms with van der Waals surface area (Å²) in [5, 5.41) is 5.81. The zero-order valence-corrected chi connectivity index (χ0v) is 18.6. The van der Waals surface area contributed by atoms with E-state index in [2.05, 4.69) is 10.6 Å². The third-order valence-electron chi connectivity index (χ3n) is 5.84. The second-order valence-electron chi connectivity index (χ2n) is 8.26. The number of nitrogens with two attached hydrogens (primary N) is 1. The normalized spacial score (nSPS) is 20.6. The van der Waals surface area contributed by atoms with E-state index in [0.717, 1.165) is 12.8 Å². The SMILES string of the molecule is N[C@H]1C[C@H](C(=O)Nc2ccc(N3CCCCC3=O)cc2F)N(C(=O)Nc2ccc(Cl)cc2)C1. The first kappa shape index (κ1) is 23.0. The zero-order chi connectivity index (χ0) is 23.5. The second kappa shape index (κ2) is 9.76. The highest BCUT2D eigenvalue weighted by Crippen LogP contribution is 2.27. The number of amides is 4. The molecular formula is C23H25ClFN5O3. The van der Waals surface area contributed by atoms with Gasteiger partial charge in [0.15, 0.2) is 0 Å². The van der Waals surface area contributed by atoms with Crippen molar-refractivity contribution in [2.75, 3.05) is 28.6 Å². The Morgan fingerprint density at radius 1 is 1.09 bits per heavy atom. The van der Waals surface area contributed by atoms with Crippen LogP contribution < -0.4 is 21.3 Å². The van der Waals surface area contributed by atoms with Crippen LogP contribution in [0.2, 0.25) is 5.02 Å². The van der Waals surface area contributed by atoms with Gasteiger partial charge in [-0.15, -0.1) is 0 Å². The lowest BCUT2D eigenvalue weighted by molar-refractivity contribution is -0.120. The first-order valence-electron chi connectivity index (χ1n) is 10.8. The Morgan fingerprint density at radius 2 is 1.85 bits per heavy atom. The van der Waals surface area contributed by atoms with Gasteiger partial charge < -0.3 is 26.2 Å². The maximum absolute atomic E-state index is 14.8. The van der Waals surface area contributed by atoms with Crippen LogP contribution >= 0.6 is 11.6 Å². The predicted molar refractivity (Wildman–Crippen MR) is 125 cm³/mol. The summed E-state index contributed by atoms with van der Waals surface area (Å²) in [5.74, 6) is -1.23. The molecule has 33 heavy (non-hydrogen) atoms. The third-order valence-corrected chi connectivity index (χ3v) is 6.09. The molecular weight excluding hydrogens is 449 g/mol. The summed E-state index contributed by atoms with van der Waals surface area (Å²) in [6.45, 7) is 0.734. The molecule has 0 saturated carbocycles. The Balaban J connectivity index is 1.44. The maximum atomic E-state index is 14.8. The van der Waals surface area contributed by atoms with Crippen LogP contribution in [0.1, 0.15) is 25.7 Å². The van der Waals surface area contributed by atoms with Gasteiger partial charge in [0, 0.05) is 41.9 Å². The van der Waals surface area contributed by atoms with Gasteiger partial charge in [-0.3, -0.25) is 9.59 Å². The smallest absolute Gasteiger partial charge is 0.322 e. The summed E-state index contributed by atoms with van der Waals surface area (Å²) in [6, 6.07) is 9.13. The summed E-state index contributed by atoms with van der Waals surface area (Å²) in [5.41, 5.74) is 6.98. The van der Waals surface area contributed by atoms with E-state index in [1.54, 1.807) is 35.2 Å². The van der Waals surface area contributed by atoms with Gasteiger partial charge in [0.25, 0.3) is 0 Å². The minimum atomic E-state index is -0.852. The molecule has 4 N–H and O–H groups in total. The number of halogens is 2. The van der Waals surface area contributed by atoms with E-state index < -0.39 is 23.8 Å². The van der Waals surface area contributed by atoms with Gasteiger partial charge in [-0.2, -0.15) is 0 Å². The molecule has 0 spiro atoms. The molecule has 0 bridgehead atoms. The monoisotopic (exact) mass is 473 g/mol. The molecule has 2 saturated heterocycles. The van der Waals surface area contributed by atoms with Crippen LogP contribution in [0.5, 0.6) is 0 Å². The Hall–Kier alpha value is -3.17. The van der Waals surface area contributed by atoms with Gasteiger partial charge in [-0.05, 0) is 61.7 Å². The van der Waals surface area contributed by atoms with Gasteiger partial charge in [0.05, 0.1) is 5.69 Å². The van der Waals surface area contributed by atoms with Gasteiger partial charge >= 0.3 is 6.03 Å². The zero-order valence-electron chi connectivity index (χ0n) is 17.9. The van der Waals surface area contributed by atoms with Crippen molar-refractivity contribution in [1.82, 2.24) is 4.90 Å². The summed E-state index contributed by atoms with van der Waals surface area (Å²) in [4.78, 5) is 40.7. The Labute approximate surface area is 195 Å². The number of carbonyl (C=O) groups is 3. The quantitative estimate of drug-likeness (QED) is 0.630. The minimum Gasteiger partial charge on any atom is -0.326 e. The molecule has 2 atom stereocenters. The van der Waals surface area contributed by atoms with Gasteiger partial charge in [0.2, 0.25) is 11.8 Å². The van der Waals surface area contributed by atoms with E-state index >= 15 is 0 Å². The van der Waals surface area contributed by atoms with E-state index in [1.165, 1.54) is 17.0 Å². The standard InChI is InChI=1S/C23H25ClFN5O3/c24-14-4-6-16(7-5-14)27-23(33)30-13-15(26)11-20(30)22(32)28-19-9-8-17(12-18(19)25)29-10-2-1-3-21(29)31/h4-9,12,15,20H,1-3,10-11,13,26H2,(H,27,33)(H,28,32)/t15-,20+/m0/s1. The highest BCUT2D eigenvalue weighted by Gasteiger charge is 2.38. The molecule has 0 aliphatic carbocycles. The molecule has 0 unspecified atom stereocenters.